The van der Waals surface area contributed by atoms with Crippen molar-refractivity contribution in [1.82, 2.24) is 0 Å². The summed E-state index contributed by atoms with van der Waals surface area (Å²) in [6.07, 6.45) is 7.60. The van der Waals surface area contributed by atoms with Crippen molar-refractivity contribution in [3.05, 3.63) is 125 Å². The van der Waals surface area contributed by atoms with Gasteiger partial charge in [0.15, 0.2) is 5.60 Å². The summed E-state index contributed by atoms with van der Waals surface area (Å²) in [5.41, 5.74) is 2.99. The Balaban J connectivity index is 1.51. The number of hydrogen-bond donors (Lipinski definition) is 1. The van der Waals surface area contributed by atoms with Gasteiger partial charge in [-0.3, -0.25) is 19.7 Å². The number of benzene rings is 3. The van der Waals surface area contributed by atoms with E-state index < -0.39 is 5.60 Å². The van der Waals surface area contributed by atoms with Gasteiger partial charge >= 0.3 is 0 Å². The molecule has 166 valence electrons. The van der Waals surface area contributed by atoms with Gasteiger partial charge in [0.1, 0.15) is 6.04 Å². The number of amides is 1. The highest BCUT2D eigenvalue weighted by molar-refractivity contribution is 6.17. The van der Waals surface area contributed by atoms with E-state index in [0.717, 1.165) is 16.8 Å². The molecule has 0 saturated heterocycles. The first-order valence-corrected chi connectivity index (χ1v) is 11.4. The molecule has 3 aromatic carbocycles. The maximum atomic E-state index is 14.3. The Morgan fingerprint density at radius 1 is 0.882 bits per heavy atom. The van der Waals surface area contributed by atoms with Crippen LogP contribution in [0.25, 0.3) is 0 Å². The topological polar surface area (TPSA) is 65.3 Å². The number of anilines is 1. The highest BCUT2D eigenvalue weighted by Crippen LogP contribution is 2.50. The number of aliphatic imine (C=N–C) groups is 2. The zero-order chi connectivity index (χ0) is 23.1. The van der Waals surface area contributed by atoms with Crippen LogP contribution in [0.3, 0.4) is 0 Å². The summed E-state index contributed by atoms with van der Waals surface area (Å²) in [4.78, 5) is 24.9. The molecule has 1 N–H and O–H groups in total. The Hall–Kier alpha value is -4.09. The molecule has 0 bridgehead atoms. The molecule has 2 atom stereocenters. The van der Waals surface area contributed by atoms with Crippen LogP contribution in [0.5, 0.6) is 0 Å². The number of nitrogens with zero attached hydrogens (tertiary/aromatic N) is 3. The fraction of sp³-hybridized carbons (Fsp3) is 0.138. The number of carbonyl (C=O) groups excluding carboxylic acids is 1. The third kappa shape index (κ3) is 3.09. The van der Waals surface area contributed by atoms with Gasteiger partial charge in [-0.05, 0) is 29.2 Å². The molecule has 0 spiro atoms. The average Bonchev–Trinajstić information content (AvgIpc) is 3.13. The van der Waals surface area contributed by atoms with E-state index in [4.69, 9.17) is 0 Å². The maximum absolute atomic E-state index is 14.3. The minimum atomic E-state index is -1.77. The molecule has 34 heavy (non-hydrogen) atoms. The van der Waals surface area contributed by atoms with Crippen molar-refractivity contribution < 1.29 is 9.90 Å². The molecule has 0 radical (unpaired) electrons. The van der Waals surface area contributed by atoms with Crippen molar-refractivity contribution in [2.24, 2.45) is 9.98 Å². The van der Waals surface area contributed by atoms with Crippen LogP contribution in [0.2, 0.25) is 0 Å². The highest BCUT2D eigenvalue weighted by atomic mass is 16.3. The molecule has 2 aliphatic heterocycles. The summed E-state index contributed by atoms with van der Waals surface area (Å²) >= 11 is 0. The largest absolute Gasteiger partial charge is 0.372 e. The standard InChI is InChI=1S/C29H23N3O2/c33-28-29(34,22-15-16-24-25(19-22)31-18-17-30-24)23-13-7-8-14-26(23)32(28)27(20-9-3-1-4-10-20)21-11-5-2-6-12-21/h1-14,16-19,25,27,34H,15H2. The number of aliphatic hydroxyl groups is 1. The van der Waals surface area contributed by atoms with Crippen LogP contribution in [-0.4, -0.2) is 29.5 Å². The normalized spacial score (nSPS) is 22.9. The van der Waals surface area contributed by atoms with Crippen molar-refractivity contribution in [2.75, 3.05) is 4.90 Å². The van der Waals surface area contributed by atoms with Gasteiger partial charge in [-0.2, -0.15) is 0 Å². The van der Waals surface area contributed by atoms with Crippen molar-refractivity contribution >= 4 is 24.0 Å². The highest BCUT2D eigenvalue weighted by Gasteiger charge is 2.54. The zero-order valence-corrected chi connectivity index (χ0v) is 18.5. The molecule has 1 amide bonds. The van der Waals surface area contributed by atoms with Crippen LogP contribution in [-0.2, 0) is 10.4 Å². The van der Waals surface area contributed by atoms with Gasteiger partial charge < -0.3 is 5.11 Å². The molecule has 0 saturated carbocycles. The van der Waals surface area contributed by atoms with Gasteiger partial charge in [0.2, 0.25) is 0 Å². The van der Waals surface area contributed by atoms with Crippen molar-refractivity contribution in [2.45, 2.75) is 24.1 Å². The van der Waals surface area contributed by atoms with E-state index in [9.17, 15) is 9.90 Å². The number of allylic oxidation sites excluding steroid dienone is 1. The first-order chi connectivity index (χ1) is 16.7. The molecule has 3 aliphatic rings. The van der Waals surface area contributed by atoms with Gasteiger partial charge in [-0.25, -0.2) is 0 Å². The summed E-state index contributed by atoms with van der Waals surface area (Å²) in [5.74, 6) is -0.349. The Labute approximate surface area is 198 Å². The van der Waals surface area contributed by atoms with Gasteiger partial charge in [-0.15, -0.1) is 0 Å². The summed E-state index contributed by atoms with van der Waals surface area (Å²) in [6.45, 7) is 0. The van der Waals surface area contributed by atoms with E-state index in [0.29, 0.717) is 23.2 Å². The molecule has 0 fully saturated rings. The Bertz CT molecular complexity index is 1340. The summed E-state index contributed by atoms with van der Waals surface area (Å²) in [7, 11) is 0. The lowest BCUT2D eigenvalue weighted by Crippen LogP contribution is -2.44. The van der Waals surface area contributed by atoms with E-state index in [-0.39, 0.29) is 18.0 Å². The molecular formula is C29H23N3O2. The Kier molecular flexibility index (Phi) is 4.85. The first kappa shape index (κ1) is 20.5. The smallest absolute Gasteiger partial charge is 0.268 e. The minimum Gasteiger partial charge on any atom is -0.372 e. The van der Waals surface area contributed by atoms with E-state index in [1.165, 1.54) is 0 Å². The van der Waals surface area contributed by atoms with Crippen LogP contribution in [0.1, 0.15) is 29.2 Å². The summed E-state index contributed by atoms with van der Waals surface area (Å²) in [6, 6.07) is 26.8. The van der Waals surface area contributed by atoms with Gasteiger partial charge in [-0.1, -0.05) is 91.0 Å². The van der Waals surface area contributed by atoms with Crippen LogP contribution in [0.4, 0.5) is 5.69 Å². The number of fused-ring (bicyclic) bond motifs is 2. The predicted octanol–water partition coefficient (Wildman–Crippen LogP) is 4.75. The van der Waals surface area contributed by atoms with E-state index in [1.54, 1.807) is 17.3 Å². The number of para-hydroxylation sites is 1. The van der Waals surface area contributed by atoms with Crippen LogP contribution >= 0.6 is 0 Å². The summed E-state index contributed by atoms with van der Waals surface area (Å²) < 4.78 is 0. The molecule has 1 aliphatic carbocycles. The SMILES string of the molecule is O=C1N(C(c2ccccc2)c2ccccc2)c2ccccc2C1(O)C1=CC2N=CC=NC2=CC1. The molecule has 6 rings (SSSR count). The van der Waals surface area contributed by atoms with E-state index in [2.05, 4.69) is 9.98 Å². The second-order valence-electron chi connectivity index (χ2n) is 8.67. The van der Waals surface area contributed by atoms with E-state index >= 15 is 0 Å². The van der Waals surface area contributed by atoms with Crippen molar-refractivity contribution in [3.63, 3.8) is 0 Å². The second kappa shape index (κ2) is 8.04. The van der Waals surface area contributed by atoms with Crippen LogP contribution in [0, 0.1) is 0 Å². The third-order valence-corrected chi connectivity index (χ3v) is 6.77. The number of carbonyl (C=O) groups is 1. The van der Waals surface area contributed by atoms with Crippen LogP contribution < -0.4 is 4.90 Å². The molecule has 5 nitrogen and oxygen atoms in total. The Morgan fingerprint density at radius 2 is 1.53 bits per heavy atom. The number of rotatable bonds is 4. The molecule has 0 aromatic heterocycles. The van der Waals surface area contributed by atoms with E-state index in [1.807, 2.05) is 97.1 Å². The van der Waals surface area contributed by atoms with Gasteiger partial charge in [0, 0.05) is 18.0 Å². The molecule has 2 unspecified atom stereocenters. The lowest BCUT2D eigenvalue weighted by molar-refractivity contribution is -0.133. The zero-order valence-electron chi connectivity index (χ0n) is 18.5. The predicted molar refractivity (Wildman–Crippen MR) is 134 cm³/mol. The lowest BCUT2D eigenvalue weighted by atomic mass is 9.81. The molecule has 2 heterocycles. The lowest BCUT2D eigenvalue weighted by Gasteiger charge is -2.33. The maximum Gasteiger partial charge on any atom is 0.268 e. The van der Waals surface area contributed by atoms with Crippen molar-refractivity contribution in [3.8, 4) is 0 Å². The minimum absolute atomic E-state index is 0.286. The van der Waals surface area contributed by atoms with Crippen molar-refractivity contribution in [1.29, 1.82) is 0 Å². The van der Waals surface area contributed by atoms with Crippen LogP contribution in [0.15, 0.2) is 118 Å². The molecule has 5 heteroatoms. The number of hydrogen-bond acceptors (Lipinski definition) is 4. The van der Waals surface area contributed by atoms with Gasteiger partial charge in [0.05, 0.1) is 17.4 Å². The molecule has 3 aromatic rings. The monoisotopic (exact) mass is 445 g/mol. The average molecular weight is 446 g/mol. The fourth-order valence-electron chi connectivity index (χ4n) is 5.16. The Morgan fingerprint density at radius 3 is 2.24 bits per heavy atom. The first-order valence-electron chi connectivity index (χ1n) is 11.4. The third-order valence-electron chi connectivity index (χ3n) is 6.77. The second-order valence-corrected chi connectivity index (χ2v) is 8.67. The fourth-order valence-corrected chi connectivity index (χ4v) is 5.16. The molecular weight excluding hydrogens is 422 g/mol. The quantitative estimate of drug-likeness (QED) is 0.589. The van der Waals surface area contributed by atoms with Gasteiger partial charge in [0.25, 0.3) is 5.91 Å². The summed E-state index contributed by atoms with van der Waals surface area (Å²) in [5, 5.41) is 12.2.